The minimum Gasteiger partial charge on any atom is -0.356 e. The highest BCUT2D eigenvalue weighted by molar-refractivity contribution is 5.79. The number of hydrogen-bond acceptors (Lipinski definition) is 4. The van der Waals surface area contributed by atoms with E-state index in [1.807, 2.05) is 36.1 Å². The average Bonchev–Trinajstić information content (AvgIpc) is 2.67. The van der Waals surface area contributed by atoms with Gasteiger partial charge < -0.3 is 14.8 Å². The molecule has 1 aliphatic heterocycles. The maximum absolute atomic E-state index is 12.9. The summed E-state index contributed by atoms with van der Waals surface area (Å²) in [5, 5.41) is 3.05. The van der Waals surface area contributed by atoms with Crippen molar-refractivity contribution in [3.63, 3.8) is 0 Å². The van der Waals surface area contributed by atoms with Crippen molar-refractivity contribution in [2.45, 2.75) is 46.6 Å². The van der Waals surface area contributed by atoms with Gasteiger partial charge in [-0.2, -0.15) is 0 Å². The molecule has 0 saturated carbocycles. The van der Waals surface area contributed by atoms with Crippen LogP contribution in [0.4, 0.5) is 5.82 Å². The molecule has 0 radical (unpaired) electrons. The van der Waals surface area contributed by atoms with Crippen LogP contribution in [0.2, 0.25) is 0 Å². The minimum absolute atomic E-state index is 0.0299. The molecule has 1 aromatic heterocycles. The highest BCUT2D eigenvalue weighted by Gasteiger charge is 2.27. The standard InChI is InChI=1S/C21H30N4O2/c1-4-25-18-8-6-5-7-17(18)23-19(21(25)27)24-13-10-16(11-14-24)20(26)22-12-9-15(2)3/h5-8,15-16H,4,9-14H2,1-3H3,(H,22,26). The summed E-state index contributed by atoms with van der Waals surface area (Å²) < 4.78 is 1.78. The molecule has 2 heterocycles. The summed E-state index contributed by atoms with van der Waals surface area (Å²) in [6, 6.07) is 7.75. The van der Waals surface area contributed by atoms with E-state index in [-0.39, 0.29) is 17.4 Å². The SMILES string of the molecule is CCn1c(=O)c(N2CCC(C(=O)NCCC(C)C)CC2)nc2ccccc21. The maximum atomic E-state index is 12.9. The summed E-state index contributed by atoms with van der Waals surface area (Å²) in [6.45, 7) is 9.02. The Labute approximate surface area is 160 Å². The normalized spacial score (nSPS) is 15.5. The van der Waals surface area contributed by atoms with Crippen LogP contribution < -0.4 is 15.8 Å². The number of carbonyl (C=O) groups is 1. The first-order valence-electron chi connectivity index (χ1n) is 10.0. The first kappa shape index (κ1) is 19.4. The second-order valence-electron chi connectivity index (χ2n) is 7.71. The molecule has 0 unspecified atom stereocenters. The molecule has 2 aromatic rings. The zero-order valence-electron chi connectivity index (χ0n) is 16.6. The quantitative estimate of drug-likeness (QED) is 0.849. The lowest BCUT2D eigenvalue weighted by atomic mass is 9.95. The molecule has 6 nitrogen and oxygen atoms in total. The number of aromatic nitrogens is 2. The smallest absolute Gasteiger partial charge is 0.293 e. The monoisotopic (exact) mass is 370 g/mol. The number of nitrogens with one attached hydrogen (secondary N) is 1. The van der Waals surface area contributed by atoms with Gasteiger partial charge in [-0.15, -0.1) is 0 Å². The van der Waals surface area contributed by atoms with E-state index in [1.165, 1.54) is 0 Å². The second-order valence-corrected chi connectivity index (χ2v) is 7.71. The van der Waals surface area contributed by atoms with Gasteiger partial charge in [-0.25, -0.2) is 4.98 Å². The van der Waals surface area contributed by atoms with E-state index in [9.17, 15) is 9.59 Å². The van der Waals surface area contributed by atoms with E-state index in [0.717, 1.165) is 36.8 Å². The van der Waals surface area contributed by atoms with E-state index >= 15 is 0 Å². The summed E-state index contributed by atoms with van der Waals surface area (Å²) >= 11 is 0. The zero-order valence-corrected chi connectivity index (χ0v) is 16.6. The fourth-order valence-corrected chi connectivity index (χ4v) is 3.68. The van der Waals surface area contributed by atoms with Gasteiger partial charge >= 0.3 is 0 Å². The van der Waals surface area contributed by atoms with Crippen LogP contribution >= 0.6 is 0 Å². The number of para-hydroxylation sites is 2. The summed E-state index contributed by atoms with van der Waals surface area (Å²) in [4.78, 5) is 31.9. The topological polar surface area (TPSA) is 67.2 Å². The first-order valence-corrected chi connectivity index (χ1v) is 10.0. The van der Waals surface area contributed by atoms with Crippen LogP contribution in [-0.4, -0.2) is 35.1 Å². The molecule has 0 atom stereocenters. The van der Waals surface area contributed by atoms with Crippen LogP contribution in [0.25, 0.3) is 11.0 Å². The van der Waals surface area contributed by atoms with Gasteiger partial charge in [0, 0.05) is 32.1 Å². The number of aryl methyl sites for hydroxylation is 1. The predicted molar refractivity (Wildman–Crippen MR) is 109 cm³/mol. The van der Waals surface area contributed by atoms with Crippen molar-refractivity contribution in [1.82, 2.24) is 14.9 Å². The third kappa shape index (κ3) is 4.31. The summed E-state index contributed by atoms with van der Waals surface area (Å²) in [7, 11) is 0. The third-order valence-corrected chi connectivity index (χ3v) is 5.34. The number of benzene rings is 1. The summed E-state index contributed by atoms with van der Waals surface area (Å²) in [6.07, 6.45) is 2.52. The summed E-state index contributed by atoms with van der Waals surface area (Å²) in [5.41, 5.74) is 1.66. The highest BCUT2D eigenvalue weighted by atomic mass is 16.2. The molecule has 0 spiro atoms. The van der Waals surface area contributed by atoms with Crippen LogP contribution in [0.15, 0.2) is 29.1 Å². The van der Waals surface area contributed by atoms with Crippen molar-refractivity contribution >= 4 is 22.8 Å². The molecule has 1 aromatic carbocycles. The number of carbonyl (C=O) groups excluding carboxylic acids is 1. The Bertz CT molecular complexity index is 851. The van der Waals surface area contributed by atoms with Crippen molar-refractivity contribution in [2.24, 2.45) is 11.8 Å². The van der Waals surface area contributed by atoms with E-state index in [1.54, 1.807) is 4.57 Å². The van der Waals surface area contributed by atoms with E-state index in [2.05, 4.69) is 24.1 Å². The second kappa shape index (κ2) is 8.55. The molecule has 0 bridgehead atoms. The lowest BCUT2D eigenvalue weighted by Gasteiger charge is -2.32. The van der Waals surface area contributed by atoms with Gasteiger partial charge in [-0.1, -0.05) is 26.0 Å². The molecule has 1 aliphatic rings. The Hall–Kier alpha value is -2.37. The zero-order chi connectivity index (χ0) is 19.4. The Morgan fingerprint density at radius 3 is 2.63 bits per heavy atom. The maximum Gasteiger partial charge on any atom is 0.293 e. The van der Waals surface area contributed by atoms with E-state index in [4.69, 9.17) is 0 Å². The molecule has 1 amide bonds. The molecular formula is C21H30N4O2. The molecule has 0 aliphatic carbocycles. The molecule has 1 saturated heterocycles. The van der Waals surface area contributed by atoms with Crippen LogP contribution in [0.5, 0.6) is 0 Å². The molecule has 27 heavy (non-hydrogen) atoms. The summed E-state index contributed by atoms with van der Waals surface area (Å²) in [5.74, 6) is 1.27. The predicted octanol–water partition coefficient (Wildman–Crippen LogP) is 2.80. The number of piperidine rings is 1. The lowest BCUT2D eigenvalue weighted by molar-refractivity contribution is -0.125. The van der Waals surface area contributed by atoms with Crippen LogP contribution in [0.1, 0.15) is 40.0 Å². The number of amides is 1. The number of nitrogens with zero attached hydrogens (tertiary/aromatic N) is 3. The van der Waals surface area contributed by atoms with Crippen molar-refractivity contribution in [3.05, 3.63) is 34.6 Å². The molecular weight excluding hydrogens is 340 g/mol. The van der Waals surface area contributed by atoms with E-state index < -0.39 is 0 Å². The lowest BCUT2D eigenvalue weighted by Crippen LogP contribution is -2.43. The minimum atomic E-state index is -0.0453. The van der Waals surface area contributed by atoms with Crippen molar-refractivity contribution in [2.75, 3.05) is 24.5 Å². The van der Waals surface area contributed by atoms with Gasteiger partial charge in [0.05, 0.1) is 11.0 Å². The fraction of sp³-hybridized carbons (Fsp3) is 0.571. The van der Waals surface area contributed by atoms with Gasteiger partial charge in [-0.05, 0) is 44.2 Å². The van der Waals surface area contributed by atoms with Gasteiger partial charge in [0.2, 0.25) is 5.91 Å². The molecule has 1 N–H and O–H groups in total. The Morgan fingerprint density at radius 1 is 1.26 bits per heavy atom. The Kier molecular flexibility index (Phi) is 6.14. The Morgan fingerprint density at radius 2 is 1.96 bits per heavy atom. The van der Waals surface area contributed by atoms with Gasteiger partial charge in [0.1, 0.15) is 0 Å². The number of hydrogen-bond donors (Lipinski definition) is 1. The van der Waals surface area contributed by atoms with Gasteiger partial charge in [0.25, 0.3) is 5.56 Å². The van der Waals surface area contributed by atoms with Crippen LogP contribution in [0, 0.1) is 11.8 Å². The molecule has 1 fully saturated rings. The molecule has 6 heteroatoms. The fourth-order valence-electron chi connectivity index (χ4n) is 3.68. The Balaban J connectivity index is 1.70. The van der Waals surface area contributed by atoms with Crippen molar-refractivity contribution in [1.29, 1.82) is 0 Å². The van der Waals surface area contributed by atoms with Gasteiger partial charge in [0.15, 0.2) is 5.82 Å². The number of anilines is 1. The van der Waals surface area contributed by atoms with Crippen molar-refractivity contribution < 1.29 is 4.79 Å². The first-order chi connectivity index (χ1) is 13.0. The number of rotatable bonds is 6. The van der Waals surface area contributed by atoms with E-state index in [0.29, 0.717) is 31.4 Å². The molecule has 3 rings (SSSR count). The number of fused-ring (bicyclic) bond motifs is 1. The average molecular weight is 370 g/mol. The molecule has 146 valence electrons. The van der Waals surface area contributed by atoms with Crippen LogP contribution in [-0.2, 0) is 11.3 Å². The third-order valence-electron chi connectivity index (χ3n) is 5.34. The van der Waals surface area contributed by atoms with Crippen molar-refractivity contribution in [3.8, 4) is 0 Å². The highest BCUT2D eigenvalue weighted by Crippen LogP contribution is 2.22. The largest absolute Gasteiger partial charge is 0.356 e. The van der Waals surface area contributed by atoms with Gasteiger partial charge in [-0.3, -0.25) is 9.59 Å². The van der Waals surface area contributed by atoms with Crippen LogP contribution in [0.3, 0.4) is 0 Å².